The molecule has 3 heteroatoms. The molecule has 0 unspecified atom stereocenters. The highest BCUT2D eigenvalue weighted by Crippen LogP contribution is 2.15. The molecule has 0 amide bonds. The first-order chi connectivity index (χ1) is 7.42. The molecule has 78 valence electrons. The maximum absolute atomic E-state index is 4.15. The molecule has 1 aromatic heterocycles. The van der Waals surface area contributed by atoms with E-state index >= 15 is 0 Å². The van der Waals surface area contributed by atoms with Crippen LogP contribution in [-0.4, -0.2) is 14.8 Å². The van der Waals surface area contributed by atoms with Crippen LogP contribution < -0.4 is 0 Å². The largest absolute Gasteiger partial charge is 0.314 e. The average Bonchev–Trinajstić information content (AvgIpc) is 2.75. The summed E-state index contributed by atoms with van der Waals surface area (Å²) < 4.78 is 2.11. The first-order valence-electron chi connectivity index (χ1n) is 5.35. The van der Waals surface area contributed by atoms with Gasteiger partial charge in [0.2, 0.25) is 0 Å². The zero-order valence-corrected chi connectivity index (χ0v) is 8.93. The molecular formula is C12H15N3. The van der Waals surface area contributed by atoms with Gasteiger partial charge in [-0.2, -0.15) is 0 Å². The van der Waals surface area contributed by atoms with Crippen LogP contribution in [-0.2, 0) is 6.54 Å². The van der Waals surface area contributed by atoms with Crippen molar-refractivity contribution in [3.63, 3.8) is 0 Å². The number of nitrogens with zero attached hydrogens (tertiary/aromatic N) is 3. The minimum absolute atomic E-state index is 0.962. The summed E-state index contributed by atoms with van der Waals surface area (Å²) in [6.07, 6.45) is 4.16. The molecule has 3 nitrogen and oxygen atoms in total. The Balaban J connectivity index is 2.25. The van der Waals surface area contributed by atoms with Crippen LogP contribution in [0.5, 0.6) is 0 Å². The topological polar surface area (TPSA) is 30.7 Å². The van der Waals surface area contributed by atoms with E-state index in [9.17, 15) is 0 Å². The van der Waals surface area contributed by atoms with Crippen molar-refractivity contribution >= 4 is 0 Å². The van der Waals surface area contributed by atoms with Gasteiger partial charge in [-0.1, -0.05) is 43.7 Å². The Kier molecular flexibility index (Phi) is 3.12. The van der Waals surface area contributed by atoms with Gasteiger partial charge in [-0.15, -0.1) is 10.2 Å². The van der Waals surface area contributed by atoms with E-state index in [4.69, 9.17) is 0 Å². The minimum Gasteiger partial charge on any atom is -0.314 e. The van der Waals surface area contributed by atoms with Crippen molar-refractivity contribution in [3.8, 4) is 11.4 Å². The van der Waals surface area contributed by atoms with Crippen LogP contribution >= 0.6 is 0 Å². The second kappa shape index (κ2) is 4.73. The Bertz CT molecular complexity index is 406. The highest BCUT2D eigenvalue weighted by molar-refractivity contribution is 5.54. The number of hydrogen-bond acceptors (Lipinski definition) is 2. The summed E-state index contributed by atoms with van der Waals surface area (Å²) >= 11 is 0. The molecule has 0 fully saturated rings. The molecular weight excluding hydrogens is 186 g/mol. The fraction of sp³-hybridized carbons (Fsp3) is 0.333. The zero-order chi connectivity index (χ0) is 10.5. The molecule has 0 radical (unpaired) electrons. The van der Waals surface area contributed by atoms with Crippen LogP contribution in [0.3, 0.4) is 0 Å². The molecule has 15 heavy (non-hydrogen) atoms. The van der Waals surface area contributed by atoms with E-state index in [2.05, 4.69) is 33.8 Å². The molecule has 0 saturated carbocycles. The number of hydrogen-bond donors (Lipinski definition) is 0. The lowest BCUT2D eigenvalue weighted by Crippen LogP contribution is -1.98. The summed E-state index contributed by atoms with van der Waals surface area (Å²) in [5.74, 6) is 0.962. The lowest BCUT2D eigenvalue weighted by Gasteiger charge is -2.04. The minimum atomic E-state index is 0.962. The third kappa shape index (κ3) is 2.24. The van der Waals surface area contributed by atoms with Crippen LogP contribution in [0.4, 0.5) is 0 Å². The van der Waals surface area contributed by atoms with Crippen LogP contribution in [0.15, 0.2) is 36.7 Å². The van der Waals surface area contributed by atoms with Crippen LogP contribution in [0, 0.1) is 0 Å². The molecule has 0 atom stereocenters. The summed E-state index contributed by atoms with van der Waals surface area (Å²) in [4.78, 5) is 0. The van der Waals surface area contributed by atoms with Crippen molar-refractivity contribution in [3.05, 3.63) is 36.7 Å². The normalized spacial score (nSPS) is 10.5. The fourth-order valence-electron chi connectivity index (χ4n) is 1.56. The molecule has 2 aromatic rings. The Morgan fingerprint density at radius 3 is 2.73 bits per heavy atom. The lowest BCUT2D eigenvalue weighted by molar-refractivity contribution is 0.635. The van der Waals surface area contributed by atoms with E-state index in [0.29, 0.717) is 0 Å². The summed E-state index contributed by atoms with van der Waals surface area (Å²) in [5, 5.41) is 8.12. The van der Waals surface area contributed by atoms with Gasteiger partial charge in [0.1, 0.15) is 6.33 Å². The Hall–Kier alpha value is -1.64. The molecule has 0 N–H and O–H groups in total. The second-order valence-electron chi connectivity index (χ2n) is 3.57. The molecule has 0 aliphatic rings. The third-order valence-corrected chi connectivity index (χ3v) is 2.40. The van der Waals surface area contributed by atoms with Crippen molar-refractivity contribution in [2.75, 3.05) is 0 Å². The first-order valence-corrected chi connectivity index (χ1v) is 5.35. The standard InChI is InChI=1S/C12H15N3/c1-2-3-9-15-10-13-14-12(15)11-7-5-4-6-8-11/h4-8,10H,2-3,9H2,1H3. The van der Waals surface area contributed by atoms with E-state index in [1.807, 2.05) is 18.2 Å². The lowest BCUT2D eigenvalue weighted by atomic mass is 10.2. The van der Waals surface area contributed by atoms with Crippen molar-refractivity contribution in [1.82, 2.24) is 14.8 Å². The molecule has 1 aromatic carbocycles. The highest BCUT2D eigenvalue weighted by Gasteiger charge is 2.05. The van der Waals surface area contributed by atoms with Crippen LogP contribution in [0.1, 0.15) is 19.8 Å². The maximum Gasteiger partial charge on any atom is 0.163 e. The first kappa shape index (κ1) is 9.90. The molecule has 0 saturated heterocycles. The Labute approximate surface area is 89.8 Å². The van der Waals surface area contributed by atoms with Gasteiger partial charge in [0, 0.05) is 12.1 Å². The summed E-state index contributed by atoms with van der Waals surface area (Å²) in [5.41, 5.74) is 1.13. The SMILES string of the molecule is CCCCn1cnnc1-c1ccccc1. The predicted octanol–water partition coefficient (Wildman–Crippen LogP) is 2.75. The zero-order valence-electron chi connectivity index (χ0n) is 8.93. The van der Waals surface area contributed by atoms with Crippen LogP contribution in [0.25, 0.3) is 11.4 Å². The summed E-state index contributed by atoms with van der Waals surface area (Å²) in [6, 6.07) is 10.2. The average molecular weight is 201 g/mol. The highest BCUT2D eigenvalue weighted by atomic mass is 15.3. The van der Waals surface area contributed by atoms with E-state index in [1.165, 1.54) is 6.42 Å². The molecule has 0 aliphatic carbocycles. The smallest absolute Gasteiger partial charge is 0.163 e. The van der Waals surface area contributed by atoms with Crippen molar-refractivity contribution in [2.24, 2.45) is 0 Å². The molecule has 1 heterocycles. The van der Waals surface area contributed by atoms with Gasteiger partial charge in [-0.05, 0) is 6.42 Å². The quantitative estimate of drug-likeness (QED) is 0.761. The summed E-state index contributed by atoms with van der Waals surface area (Å²) in [7, 11) is 0. The maximum atomic E-state index is 4.15. The van der Waals surface area contributed by atoms with Gasteiger partial charge >= 0.3 is 0 Å². The Morgan fingerprint density at radius 2 is 2.00 bits per heavy atom. The molecule has 0 spiro atoms. The molecule has 0 aliphatic heterocycles. The van der Waals surface area contributed by atoms with Gasteiger partial charge in [0.05, 0.1) is 0 Å². The van der Waals surface area contributed by atoms with Gasteiger partial charge in [0.15, 0.2) is 5.82 Å². The van der Waals surface area contributed by atoms with Gasteiger partial charge in [-0.3, -0.25) is 0 Å². The van der Waals surface area contributed by atoms with Gasteiger partial charge in [-0.25, -0.2) is 0 Å². The Morgan fingerprint density at radius 1 is 1.20 bits per heavy atom. The number of aryl methyl sites for hydroxylation is 1. The van der Waals surface area contributed by atoms with Crippen molar-refractivity contribution < 1.29 is 0 Å². The van der Waals surface area contributed by atoms with E-state index in [1.54, 1.807) is 6.33 Å². The van der Waals surface area contributed by atoms with E-state index in [-0.39, 0.29) is 0 Å². The molecule has 2 rings (SSSR count). The summed E-state index contributed by atoms with van der Waals surface area (Å²) in [6.45, 7) is 3.18. The van der Waals surface area contributed by atoms with Gasteiger partial charge in [0.25, 0.3) is 0 Å². The van der Waals surface area contributed by atoms with Gasteiger partial charge < -0.3 is 4.57 Å². The number of aromatic nitrogens is 3. The number of unbranched alkanes of at least 4 members (excludes halogenated alkanes) is 1. The van der Waals surface area contributed by atoms with Crippen LogP contribution in [0.2, 0.25) is 0 Å². The predicted molar refractivity (Wildman–Crippen MR) is 60.4 cm³/mol. The number of rotatable bonds is 4. The van der Waals surface area contributed by atoms with Crippen molar-refractivity contribution in [1.29, 1.82) is 0 Å². The monoisotopic (exact) mass is 201 g/mol. The van der Waals surface area contributed by atoms with E-state index in [0.717, 1.165) is 24.4 Å². The fourth-order valence-corrected chi connectivity index (χ4v) is 1.56. The molecule has 0 bridgehead atoms. The number of benzene rings is 1. The second-order valence-corrected chi connectivity index (χ2v) is 3.57. The van der Waals surface area contributed by atoms with Crippen molar-refractivity contribution in [2.45, 2.75) is 26.3 Å². The van der Waals surface area contributed by atoms with E-state index < -0.39 is 0 Å². The third-order valence-electron chi connectivity index (χ3n) is 2.40.